The second-order valence-corrected chi connectivity index (χ2v) is 8.33. The predicted octanol–water partition coefficient (Wildman–Crippen LogP) is 6.04. The molecule has 7 heteroatoms. The molecule has 0 amide bonds. The molecule has 1 fully saturated rings. The van der Waals surface area contributed by atoms with Gasteiger partial charge in [-0.2, -0.15) is 0 Å². The lowest BCUT2D eigenvalue weighted by Crippen LogP contribution is -2.30. The van der Waals surface area contributed by atoms with E-state index in [-0.39, 0.29) is 11.4 Å². The number of rotatable bonds is 6. The van der Waals surface area contributed by atoms with Crippen LogP contribution in [-0.2, 0) is 0 Å². The number of nitrogens with zero attached hydrogens (tertiary/aromatic N) is 3. The second-order valence-electron chi connectivity index (χ2n) is 8.33. The quantitative estimate of drug-likeness (QED) is 0.399. The van der Waals surface area contributed by atoms with Crippen LogP contribution in [-0.4, -0.2) is 33.6 Å². The Hall–Kier alpha value is -3.48. The Morgan fingerprint density at radius 1 is 1.19 bits per heavy atom. The van der Waals surface area contributed by atoms with Crippen LogP contribution in [0.1, 0.15) is 49.4 Å². The van der Waals surface area contributed by atoms with Gasteiger partial charge in [0.2, 0.25) is 0 Å². The summed E-state index contributed by atoms with van der Waals surface area (Å²) in [5.74, 6) is -0.138. The second kappa shape index (κ2) is 8.22. The number of hydrogen-bond acceptors (Lipinski definition) is 5. The van der Waals surface area contributed by atoms with Crippen LogP contribution in [0.15, 0.2) is 46.9 Å². The van der Waals surface area contributed by atoms with E-state index in [2.05, 4.69) is 11.8 Å². The van der Waals surface area contributed by atoms with Crippen molar-refractivity contribution in [1.29, 1.82) is 0 Å². The maximum Gasteiger partial charge on any atom is 0.335 e. The highest BCUT2D eigenvalue weighted by Gasteiger charge is 2.29. The Balaban J connectivity index is 1.69. The molecule has 164 valence electrons. The first-order valence-electron chi connectivity index (χ1n) is 11.0. The molecule has 1 aliphatic rings. The standard InChI is InChI=1S/C25H24FN3O3/c1-2-3-5-18-6-4-11-29(18)24-23(22-13-15-7-9-17(26)14-21(15)32-22)27-19-10-8-16(25(30)31)12-20(19)28-24/h7-10,12-14,18H,2-6,11H2,1H3,(H,30,31). The van der Waals surface area contributed by atoms with Gasteiger partial charge >= 0.3 is 5.97 Å². The Bertz CT molecular complexity index is 1320. The number of carboxylic acid groups (broad SMARTS) is 1. The molecule has 1 N–H and O–H groups in total. The summed E-state index contributed by atoms with van der Waals surface area (Å²) in [7, 11) is 0. The number of carbonyl (C=O) groups is 1. The molecule has 6 nitrogen and oxygen atoms in total. The van der Waals surface area contributed by atoms with Gasteiger partial charge in [0.15, 0.2) is 11.6 Å². The number of aromatic carboxylic acids is 1. The lowest BCUT2D eigenvalue weighted by atomic mass is 10.1. The van der Waals surface area contributed by atoms with Crippen LogP contribution in [0.25, 0.3) is 33.5 Å². The van der Waals surface area contributed by atoms with Crippen molar-refractivity contribution < 1.29 is 18.7 Å². The maximum absolute atomic E-state index is 13.7. The average Bonchev–Trinajstić information content (AvgIpc) is 3.42. The Morgan fingerprint density at radius 3 is 2.88 bits per heavy atom. The molecule has 0 radical (unpaired) electrons. The normalized spacial score (nSPS) is 16.3. The highest BCUT2D eigenvalue weighted by molar-refractivity contribution is 5.94. The molecule has 1 atom stereocenters. The molecule has 1 unspecified atom stereocenters. The number of hydrogen-bond donors (Lipinski definition) is 1. The molecule has 5 rings (SSSR count). The van der Waals surface area contributed by atoms with Crippen LogP contribution in [0.2, 0.25) is 0 Å². The van der Waals surface area contributed by atoms with Crippen LogP contribution in [0, 0.1) is 5.82 Å². The van der Waals surface area contributed by atoms with Gasteiger partial charge in [0, 0.05) is 24.0 Å². The lowest BCUT2D eigenvalue weighted by Gasteiger charge is -2.27. The fourth-order valence-corrected chi connectivity index (χ4v) is 4.52. The van der Waals surface area contributed by atoms with Crippen LogP contribution in [0.3, 0.4) is 0 Å². The molecule has 0 aliphatic carbocycles. The smallest absolute Gasteiger partial charge is 0.335 e. The summed E-state index contributed by atoms with van der Waals surface area (Å²) >= 11 is 0. The van der Waals surface area contributed by atoms with Crippen molar-refractivity contribution in [2.45, 2.75) is 45.1 Å². The summed E-state index contributed by atoms with van der Waals surface area (Å²) in [5.41, 5.74) is 2.35. The van der Waals surface area contributed by atoms with Crippen LogP contribution < -0.4 is 4.90 Å². The summed E-state index contributed by atoms with van der Waals surface area (Å²) in [4.78, 5) is 23.5. The monoisotopic (exact) mass is 433 g/mol. The minimum absolute atomic E-state index is 0.175. The molecule has 32 heavy (non-hydrogen) atoms. The van der Waals surface area contributed by atoms with Crippen molar-refractivity contribution in [3.8, 4) is 11.5 Å². The zero-order valence-corrected chi connectivity index (χ0v) is 17.8. The van der Waals surface area contributed by atoms with Gasteiger partial charge in [-0.25, -0.2) is 19.2 Å². The van der Waals surface area contributed by atoms with Crippen molar-refractivity contribution in [1.82, 2.24) is 9.97 Å². The van der Waals surface area contributed by atoms with Gasteiger partial charge in [-0.05, 0) is 55.7 Å². The summed E-state index contributed by atoms with van der Waals surface area (Å²) in [5, 5.41) is 10.2. The number of furan rings is 1. The molecule has 1 saturated heterocycles. The Morgan fingerprint density at radius 2 is 2.06 bits per heavy atom. The Kier molecular flexibility index (Phi) is 5.25. The molecular formula is C25H24FN3O3. The topological polar surface area (TPSA) is 79.5 Å². The van der Waals surface area contributed by atoms with E-state index in [1.165, 1.54) is 18.2 Å². The number of benzene rings is 2. The lowest BCUT2D eigenvalue weighted by molar-refractivity contribution is 0.0697. The van der Waals surface area contributed by atoms with Gasteiger partial charge in [-0.1, -0.05) is 19.8 Å². The molecule has 2 aromatic heterocycles. The highest BCUT2D eigenvalue weighted by atomic mass is 19.1. The van der Waals surface area contributed by atoms with E-state index >= 15 is 0 Å². The van der Waals surface area contributed by atoms with Gasteiger partial charge in [0.25, 0.3) is 0 Å². The van der Waals surface area contributed by atoms with E-state index in [0.29, 0.717) is 39.9 Å². The third kappa shape index (κ3) is 3.68. The summed E-state index contributed by atoms with van der Waals surface area (Å²) < 4.78 is 19.7. The SMILES string of the molecule is CCCCC1CCCN1c1nc2cc(C(=O)O)ccc2nc1-c1cc2ccc(F)cc2o1. The number of fused-ring (bicyclic) bond motifs is 2. The van der Waals surface area contributed by atoms with Gasteiger partial charge < -0.3 is 14.4 Å². The molecular weight excluding hydrogens is 409 g/mol. The summed E-state index contributed by atoms with van der Waals surface area (Å²) in [6, 6.07) is 11.4. The molecule has 0 spiro atoms. The highest BCUT2D eigenvalue weighted by Crippen LogP contribution is 2.37. The summed E-state index contributed by atoms with van der Waals surface area (Å²) in [6.07, 6.45) is 5.46. The van der Waals surface area contributed by atoms with Gasteiger partial charge in [0.1, 0.15) is 17.1 Å². The molecule has 0 saturated carbocycles. The molecule has 4 aromatic rings. The van der Waals surface area contributed by atoms with Crippen molar-refractivity contribution in [3.63, 3.8) is 0 Å². The van der Waals surface area contributed by atoms with Gasteiger partial charge in [-0.3, -0.25) is 0 Å². The third-order valence-electron chi connectivity index (χ3n) is 6.15. The van der Waals surface area contributed by atoms with E-state index in [1.807, 2.05) is 6.07 Å². The Labute approximate surface area is 184 Å². The fraction of sp³-hybridized carbons (Fsp3) is 0.320. The van der Waals surface area contributed by atoms with Crippen LogP contribution >= 0.6 is 0 Å². The van der Waals surface area contributed by atoms with Crippen molar-refractivity contribution in [2.75, 3.05) is 11.4 Å². The third-order valence-corrected chi connectivity index (χ3v) is 6.15. The van der Waals surface area contributed by atoms with Gasteiger partial charge in [-0.15, -0.1) is 0 Å². The van der Waals surface area contributed by atoms with Crippen molar-refractivity contribution >= 4 is 33.8 Å². The van der Waals surface area contributed by atoms with E-state index in [9.17, 15) is 14.3 Å². The number of unbranched alkanes of at least 4 members (excludes halogenated alkanes) is 1. The van der Waals surface area contributed by atoms with Crippen molar-refractivity contribution in [3.05, 3.63) is 53.8 Å². The van der Waals surface area contributed by atoms with Gasteiger partial charge in [0.05, 0.1) is 16.6 Å². The fourth-order valence-electron chi connectivity index (χ4n) is 4.52. The summed E-state index contributed by atoms with van der Waals surface area (Å²) in [6.45, 7) is 3.04. The number of carboxylic acids is 1. The molecule has 2 aromatic carbocycles. The van der Waals surface area contributed by atoms with Crippen molar-refractivity contribution in [2.24, 2.45) is 0 Å². The number of halogens is 1. The number of anilines is 1. The van der Waals surface area contributed by atoms with E-state index in [1.54, 1.807) is 18.2 Å². The van der Waals surface area contributed by atoms with E-state index in [0.717, 1.165) is 44.0 Å². The van der Waals surface area contributed by atoms with E-state index in [4.69, 9.17) is 14.4 Å². The molecule has 0 bridgehead atoms. The van der Waals surface area contributed by atoms with Crippen LogP contribution in [0.4, 0.5) is 10.2 Å². The predicted molar refractivity (Wildman–Crippen MR) is 122 cm³/mol. The maximum atomic E-state index is 13.7. The number of aromatic nitrogens is 2. The minimum atomic E-state index is -0.999. The average molecular weight is 433 g/mol. The zero-order valence-electron chi connectivity index (χ0n) is 17.8. The zero-order chi connectivity index (χ0) is 22.2. The minimum Gasteiger partial charge on any atom is -0.478 e. The first kappa shape index (κ1) is 20.4. The molecule has 1 aliphatic heterocycles. The van der Waals surface area contributed by atoms with Crippen LogP contribution in [0.5, 0.6) is 0 Å². The molecule has 3 heterocycles. The first-order chi connectivity index (χ1) is 15.5. The van der Waals surface area contributed by atoms with E-state index < -0.39 is 5.97 Å². The first-order valence-corrected chi connectivity index (χ1v) is 11.0. The largest absolute Gasteiger partial charge is 0.478 e.